The maximum absolute atomic E-state index is 13.5. The van der Waals surface area contributed by atoms with Crippen LogP contribution in [0.4, 0.5) is 5.69 Å². The van der Waals surface area contributed by atoms with Crippen LogP contribution in [0.25, 0.3) is 5.32 Å². The van der Waals surface area contributed by atoms with Crippen molar-refractivity contribution in [1.82, 2.24) is 4.90 Å². The summed E-state index contributed by atoms with van der Waals surface area (Å²) in [6.07, 6.45) is 2.27. The Balaban J connectivity index is 0.00000456. The van der Waals surface area contributed by atoms with Gasteiger partial charge in [0.1, 0.15) is 0 Å². The van der Waals surface area contributed by atoms with Crippen molar-refractivity contribution in [2.45, 2.75) is 65.0 Å². The van der Waals surface area contributed by atoms with E-state index in [2.05, 4.69) is 17.1 Å². The van der Waals surface area contributed by atoms with Gasteiger partial charge in [0.25, 0.3) is 0 Å². The molecule has 8 heteroatoms. The van der Waals surface area contributed by atoms with E-state index in [4.69, 9.17) is 16.6 Å². The molecule has 3 rings (SSSR count). The summed E-state index contributed by atoms with van der Waals surface area (Å²) in [6, 6.07) is 14.4. The van der Waals surface area contributed by atoms with E-state index in [-0.39, 0.29) is 34.7 Å². The third-order valence-electron chi connectivity index (χ3n) is 6.58. The number of carbonyl (C=O) groups is 2. The summed E-state index contributed by atoms with van der Waals surface area (Å²) in [5, 5.41) is 14.6. The second-order valence-electron chi connectivity index (χ2n) is 9.76. The van der Waals surface area contributed by atoms with Gasteiger partial charge >= 0.3 is 5.97 Å². The van der Waals surface area contributed by atoms with Crippen molar-refractivity contribution < 1.29 is 31.2 Å². The standard InChI is InChI=1S/C28H36ClN3O3.Ni/c1-5-32-15-9-14-28(32,4)27(35)31-24-13-12-21(29)17-23(24)26(20-10-7-6-8-11-20)30-22(16-19(2)3)18-25(33)34;/h6-8,10-13,17,19,22H,5,9,14-16,18H2,1-4H3,(H2,30,31,33,34,35);/p-1/t22-,28-;/m1./s1. The Labute approximate surface area is 229 Å². The van der Waals surface area contributed by atoms with Gasteiger partial charge in [-0.3, -0.25) is 14.7 Å². The number of hydrogen-bond donors (Lipinski definition) is 1. The number of benzene rings is 2. The number of hydrogen-bond acceptors (Lipinski definition) is 4. The van der Waals surface area contributed by atoms with Crippen LogP contribution < -0.4 is 0 Å². The van der Waals surface area contributed by atoms with Crippen LogP contribution in [0.15, 0.2) is 53.5 Å². The van der Waals surface area contributed by atoms with Crippen molar-refractivity contribution in [3.8, 4) is 0 Å². The molecular formula is C28H35ClN3NiO3-. The van der Waals surface area contributed by atoms with Crippen molar-refractivity contribution >= 4 is 34.9 Å². The number of carboxylic acids is 1. The normalized spacial score (nSPS) is 19.1. The number of likely N-dealkylation sites (tertiary alicyclic amines) is 1. The second-order valence-corrected chi connectivity index (χ2v) is 10.2. The van der Waals surface area contributed by atoms with Gasteiger partial charge in [0.15, 0.2) is 0 Å². The number of carbonyl (C=O) groups excluding carboxylic acids is 1. The van der Waals surface area contributed by atoms with Crippen LogP contribution >= 0.6 is 11.6 Å². The van der Waals surface area contributed by atoms with Gasteiger partial charge in [-0.1, -0.05) is 68.8 Å². The van der Waals surface area contributed by atoms with Gasteiger partial charge in [0.2, 0.25) is 0 Å². The average molecular weight is 556 g/mol. The molecule has 0 aliphatic carbocycles. The molecule has 0 saturated carbocycles. The summed E-state index contributed by atoms with van der Waals surface area (Å²) in [6.45, 7) is 9.78. The van der Waals surface area contributed by atoms with Crippen molar-refractivity contribution in [3.63, 3.8) is 0 Å². The first-order valence-corrected chi connectivity index (χ1v) is 12.7. The molecular weight excluding hydrogens is 520 g/mol. The molecule has 1 aliphatic heterocycles. The monoisotopic (exact) mass is 554 g/mol. The van der Waals surface area contributed by atoms with Gasteiger partial charge in [0.05, 0.1) is 29.6 Å². The number of amides is 1. The Bertz CT molecular complexity index is 1080. The van der Waals surface area contributed by atoms with Crippen LogP contribution in [0.1, 0.15) is 64.5 Å². The van der Waals surface area contributed by atoms with E-state index in [0.717, 1.165) is 31.5 Å². The van der Waals surface area contributed by atoms with Crippen molar-refractivity contribution in [1.29, 1.82) is 0 Å². The number of nitrogens with zero attached hydrogens (tertiary/aromatic N) is 3. The van der Waals surface area contributed by atoms with E-state index in [0.29, 0.717) is 28.4 Å². The quantitative estimate of drug-likeness (QED) is 0.269. The maximum Gasteiger partial charge on any atom is 0.305 e. The minimum Gasteiger partial charge on any atom is -0.625 e. The van der Waals surface area contributed by atoms with Crippen LogP contribution in [-0.2, 0) is 26.1 Å². The fourth-order valence-electron chi connectivity index (χ4n) is 4.80. The predicted octanol–water partition coefficient (Wildman–Crippen LogP) is 6.47. The topological polar surface area (TPSA) is 84.1 Å². The van der Waals surface area contributed by atoms with E-state index < -0.39 is 17.6 Å². The van der Waals surface area contributed by atoms with Crippen LogP contribution in [0.3, 0.4) is 0 Å². The minimum absolute atomic E-state index is 0. The maximum atomic E-state index is 13.5. The van der Waals surface area contributed by atoms with Gasteiger partial charge in [-0.15, -0.1) is 5.69 Å². The zero-order chi connectivity index (χ0) is 25.6. The van der Waals surface area contributed by atoms with Crippen LogP contribution in [0.2, 0.25) is 5.02 Å². The summed E-state index contributed by atoms with van der Waals surface area (Å²) in [5.74, 6) is -0.809. The Morgan fingerprint density at radius 2 is 1.89 bits per heavy atom. The molecule has 2 aromatic rings. The summed E-state index contributed by atoms with van der Waals surface area (Å²) < 4.78 is 0. The Morgan fingerprint density at radius 1 is 1.19 bits per heavy atom. The summed E-state index contributed by atoms with van der Waals surface area (Å²) in [7, 11) is 0. The van der Waals surface area contributed by atoms with E-state index in [1.54, 1.807) is 18.2 Å². The molecule has 1 aliphatic rings. The molecule has 1 amide bonds. The van der Waals surface area contributed by atoms with Crippen LogP contribution in [0, 0.1) is 5.92 Å². The average Bonchev–Trinajstić information content (AvgIpc) is 3.20. The van der Waals surface area contributed by atoms with Crippen LogP contribution in [0.5, 0.6) is 0 Å². The largest absolute Gasteiger partial charge is 0.625 e. The number of likely N-dealkylation sites (N-methyl/N-ethyl adjacent to an activating group) is 1. The third kappa shape index (κ3) is 7.41. The number of carboxylic acid groups (broad SMARTS) is 1. The number of rotatable bonds is 10. The molecule has 1 heterocycles. The van der Waals surface area contributed by atoms with Crippen molar-refractivity contribution in [2.24, 2.45) is 10.9 Å². The van der Waals surface area contributed by atoms with Gasteiger partial charge in [-0.2, -0.15) is 0 Å². The molecule has 198 valence electrons. The molecule has 0 aromatic heterocycles. The van der Waals surface area contributed by atoms with Gasteiger partial charge < -0.3 is 15.2 Å². The van der Waals surface area contributed by atoms with E-state index in [1.165, 1.54) is 0 Å². The SMILES string of the molecule is CCN1CCC[C@]1(C)C(=O)[N-]c1ccc(Cl)cc1C(=N[C@@H](CC(=O)O)CC(C)C)c1ccccc1.[Ni]. The molecule has 1 fully saturated rings. The molecule has 6 nitrogen and oxygen atoms in total. The summed E-state index contributed by atoms with van der Waals surface area (Å²) >= 11 is 6.41. The molecule has 36 heavy (non-hydrogen) atoms. The fraction of sp³-hybridized carbons (Fsp3) is 0.464. The Morgan fingerprint density at radius 3 is 2.50 bits per heavy atom. The van der Waals surface area contributed by atoms with Crippen molar-refractivity contribution in [2.75, 3.05) is 13.1 Å². The van der Waals surface area contributed by atoms with Crippen LogP contribution in [-0.4, -0.2) is 52.3 Å². The van der Waals surface area contributed by atoms with Crippen molar-refractivity contribution in [3.05, 3.63) is 70.0 Å². The van der Waals surface area contributed by atoms with Gasteiger partial charge in [-0.25, -0.2) is 0 Å². The smallest absolute Gasteiger partial charge is 0.305 e. The van der Waals surface area contributed by atoms with E-state index in [1.807, 2.05) is 51.1 Å². The minimum atomic E-state index is -0.896. The van der Waals surface area contributed by atoms with E-state index >= 15 is 0 Å². The molecule has 1 N–H and O–H groups in total. The molecule has 2 aromatic carbocycles. The Kier molecular flexibility index (Phi) is 11.1. The first kappa shape index (κ1) is 30.0. The number of aliphatic imine (C=N–C) groups is 1. The molecule has 0 bridgehead atoms. The van der Waals surface area contributed by atoms with E-state index in [9.17, 15) is 14.7 Å². The Hall–Kier alpha value is -2.21. The second kappa shape index (κ2) is 13.4. The third-order valence-corrected chi connectivity index (χ3v) is 6.82. The number of aliphatic carboxylic acids is 1. The summed E-state index contributed by atoms with van der Waals surface area (Å²) in [5.41, 5.74) is 1.89. The molecule has 0 unspecified atom stereocenters. The summed E-state index contributed by atoms with van der Waals surface area (Å²) in [4.78, 5) is 32.2. The van der Waals surface area contributed by atoms with Gasteiger partial charge in [-0.05, 0) is 62.9 Å². The molecule has 1 saturated heterocycles. The zero-order valence-electron chi connectivity index (χ0n) is 21.3. The number of halogens is 1. The molecule has 2 atom stereocenters. The molecule has 0 spiro atoms. The fourth-order valence-corrected chi connectivity index (χ4v) is 4.97. The predicted molar refractivity (Wildman–Crippen MR) is 142 cm³/mol. The zero-order valence-corrected chi connectivity index (χ0v) is 23.1. The van der Waals surface area contributed by atoms with Gasteiger partial charge in [0, 0.05) is 27.1 Å². The molecule has 0 radical (unpaired) electrons. The first-order chi connectivity index (χ1) is 16.6. The first-order valence-electron chi connectivity index (χ1n) is 12.3.